The molecule has 2 unspecified atom stereocenters. The quantitative estimate of drug-likeness (QED) is 0.840. The standard InChI is InChI=1S/C15H22N2O5S2/c1-3-4-10-7-17(8-11(10)16-24(2,19)20)15(18)14-13-12(9-23-14)21-5-6-22-13/h9-11,16H,3-8H2,1-2H3. The molecule has 24 heavy (non-hydrogen) atoms. The molecule has 2 aliphatic rings. The molecule has 1 saturated heterocycles. The van der Waals surface area contributed by atoms with E-state index in [4.69, 9.17) is 9.47 Å². The third-order valence-corrected chi connectivity index (χ3v) is 5.91. The SMILES string of the molecule is CCCC1CN(C(=O)c2scc3c2OCCO3)CC1NS(C)(=O)=O. The van der Waals surface area contributed by atoms with E-state index in [1.54, 1.807) is 10.3 Å². The number of amides is 1. The molecule has 134 valence electrons. The smallest absolute Gasteiger partial charge is 0.267 e. The molecule has 0 spiro atoms. The number of likely N-dealkylation sites (tertiary alicyclic amines) is 1. The number of thiophene rings is 1. The van der Waals surface area contributed by atoms with Crippen molar-refractivity contribution in [1.82, 2.24) is 9.62 Å². The van der Waals surface area contributed by atoms with Crippen LogP contribution in [0.5, 0.6) is 11.5 Å². The number of hydrogen-bond donors (Lipinski definition) is 1. The van der Waals surface area contributed by atoms with Crippen LogP contribution >= 0.6 is 11.3 Å². The first-order valence-electron chi connectivity index (χ1n) is 8.02. The lowest BCUT2D eigenvalue weighted by Crippen LogP contribution is -2.40. The minimum atomic E-state index is -3.31. The highest BCUT2D eigenvalue weighted by atomic mass is 32.2. The van der Waals surface area contributed by atoms with E-state index in [1.807, 2.05) is 0 Å². The first-order chi connectivity index (χ1) is 11.4. The van der Waals surface area contributed by atoms with Gasteiger partial charge in [0.1, 0.15) is 18.1 Å². The molecule has 3 heterocycles. The molecule has 0 aromatic carbocycles. The van der Waals surface area contributed by atoms with E-state index >= 15 is 0 Å². The van der Waals surface area contributed by atoms with Crippen LogP contribution in [0.3, 0.4) is 0 Å². The molecule has 0 bridgehead atoms. The maximum atomic E-state index is 12.9. The van der Waals surface area contributed by atoms with Gasteiger partial charge in [0.15, 0.2) is 11.5 Å². The lowest BCUT2D eigenvalue weighted by atomic mass is 9.99. The van der Waals surface area contributed by atoms with Crippen LogP contribution in [0.25, 0.3) is 0 Å². The summed E-state index contributed by atoms with van der Waals surface area (Å²) in [6.07, 6.45) is 2.97. The average Bonchev–Trinajstić information content (AvgIpc) is 3.10. The zero-order valence-electron chi connectivity index (χ0n) is 13.8. The highest BCUT2D eigenvalue weighted by molar-refractivity contribution is 7.88. The topological polar surface area (TPSA) is 84.9 Å². The van der Waals surface area contributed by atoms with Gasteiger partial charge in [0.2, 0.25) is 10.0 Å². The first-order valence-corrected chi connectivity index (χ1v) is 10.8. The van der Waals surface area contributed by atoms with Gasteiger partial charge in [0.25, 0.3) is 5.91 Å². The Labute approximate surface area is 146 Å². The van der Waals surface area contributed by atoms with E-state index in [1.165, 1.54) is 11.3 Å². The van der Waals surface area contributed by atoms with Crippen molar-refractivity contribution in [2.45, 2.75) is 25.8 Å². The van der Waals surface area contributed by atoms with Crippen molar-refractivity contribution in [3.63, 3.8) is 0 Å². The van der Waals surface area contributed by atoms with Crippen molar-refractivity contribution < 1.29 is 22.7 Å². The highest BCUT2D eigenvalue weighted by Gasteiger charge is 2.38. The molecule has 7 nitrogen and oxygen atoms in total. The molecule has 0 saturated carbocycles. The van der Waals surface area contributed by atoms with E-state index in [2.05, 4.69) is 11.6 Å². The molecular weight excluding hydrogens is 352 g/mol. The summed E-state index contributed by atoms with van der Waals surface area (Å²) in [4.78, 5) is 15.1. The molecule has 1 amide bonds. The van der Waals surface area contributed by atoms with Gasteiger partial charge in [0.05, 0.1) is 6.26 Å². The van der Waals surface area contributed by atoms with Crippen LogP contribution < -0.4 is 14.2 Å². The van der Waals surface area contributed by atoms with Gasteiger partial charge >= 0.3 is 0 Å². The monoisotopic (exact) mass is 374 g/mol. The van der Waals surface area contributed by atoms with Crippen LogP contribution in [0.1, 0.15) is 29.4 Å². The first kappa shape index (κ1) is 17.5. The largest absolute Gasteiger partial charge is 0.485 e. The van der Waals surface area contributed by atoms with Crippen molar-refractivity contribution in [2.75, 3.05) is 32.6 Å². The van der Waals surface area contributed by atoms with Crippen LogP contribution in [0.15, 0.2) is 5.38 Å². The Morgan fingerprint density at radius 3 is 2.83 bits per heavy atom. The molecule has 0 radical (unpaired) electrons. The Morgan fingerprint density at radius 2 is 2.12 bits per heavy atom. The molecular formula is C15H22N2O5S2. The van der Waals surface area contributed by atoms with E-state index in [-0.39, 0.29) is 17.9 Å². The summed E-state index contributed by atoms with van der Waals surface area (Å²) in [5.41, 5.74) is 0. The number of carbonyl (C=O) groups excluding carboxylic acids is 1. The number of ether oxygens (including phenoxy) is 2. The molecule has 0 aliphatic carbocycles. The number of rotatable bonds is 5. The predicted molar refractivity (Wildman–Crippen MR) is 91.4 cm³/mol. The number of hydrogen-bond acceptors (Lipinski definition) is 6. The molecule has 1 N–H and O–H groups in total. The minimum absolute atomic E-state index is 0.120. The average molecular weight is 374 g/mol. The molecule has 3 rings (SSSR count). The number of carbonyl (C=O) groups is 1. The van der Waals surface area contributed by atoms with Crippen molar-refractivity contribution in [3.8, 4) is 11.5 Å². The second-order valence-electron chi connectivity index (χ2n) is 6.21. The van der Waals surface area contributed by atoms with E-state index in [9.17, 15) is 13.2 Å². The molecule has 1 aromatic heterocycles. The zero-order valence-corrected chi connectivity index (χ0v) is 15.4. The van der Waals surface area contributed by atoms with Crippen molar-refractivity contribution in [3.05, 3.63) is 10.3 Å². The molecule has 1 aromatic rings. The van der Waals surface area contributed by atoms with Gasteiger partial charge in [-0.25, -0.2) is 13.1 Å². The molecule has 1 fully saturated rings. The van der Waals surface area contributed by atoms with Gasteiger partial charge in [-0.2, -0.15) is 0 Å². The second kappa shape index (κ2) is 6.89. The second-order valence-corrected chi connectivity index (χ2v) is 8.87. The van der Waals surface area contributed by atoms with Crippen LogP contribution in [0.2, 0.25) is 0 Å². The number of fused-ring (bicyclic) bond motifs is 1. The summed E-state index contributed by atoms with van der Waals surface area (Å²) in [5.74, 6) is 1.14. The molecule has 2 atom stereocenters. The fraction of sp³-hybridized carbons (Fsp3) is 0.667. The summed E-state index contributed by atoms with van der Waals surface area (Å²) in [5, 5.41) is 1.79. The summed E-state index contributed by atoms with van der Waals surface area (Å²) in [6.45, 7) is 3.90. The van der Waals surface area contributed by atoms with Gasteiger partial charge in [0, 0.05) is 24.5 Å². The van der Waals surface area contributed by atoms with Crippen molar-refractivity contribution in [2.24, 2.45) is 5.92 Å². The summed E-state index contributed by atoms with van der Waals surface area (Å²) >= 11 is 1.31. The summed E-state index contributed by atoms with van der Waals surface area (Å²) < 4.78 is 36.9. The van der Waals surface area contributed by atoms with E-state index in [0.29, 0.717) is 42.7 Å². The fourth-order valence-electron chi connectivity index (χ4n) is 3.26. The normalized spacial score (nSPS) is 23.5. The van der Waals surface area contributed by atoms with Gasteiger partial charge < -0.3 is 14.4 Å². The zero-order chi connectivity index (χ0) is 17.3. The Hall–Kier alpha value is -1.32. The maximum absolute atomic E-state index is 12.9. The van der Waals surface area contributed by atoms with E-state index < -0.39 is 10.0 Å². The predicted octanol–water partition coefficient (Wildman–Crippen LogP) is 1.31. The van der Waals surface area contributed by atoms with Crippen LogP contribution in [-0.2, 0) is 10.0 Å². The third-order valence-electron chi connectivity index (χ3n) is 4.25. The number of nitrogens with one attached hydrogen (secondary N) is 1. The Kier molecular flexibility index (Phi) is 5.03. The lowest BCUT2D eigenvalue weighted by molar-refractivity contribution is 0.0781. The molecule has 9 heteroatoms. The summed E-state index contributed by atoms with van der Waals surface area (Å²) in [7, 11) is -3.31. The van der Waals surface area contributed by atoms with Gasteiger partial charge in [-0.15, -0.1) is 11.3 Å². The van der Waals surface area contributed by atoms with Crippen LogP contribution in [0, 0.1) is 5.92 Å². The van der Waals surface area contributed by atoms with E-state index in [0.717, 1.165) is 19.1 Å². The fourth-order valence-corrected chi connectivity index (χ4v) is 4.98. The Balaban J connectivity index is 1.77. The minimum Gasteiger partial charge on any atom is -0.485 e. The Morgan fingerprint density at radius 1 is 1.38 bits per heavy atom. The van der Waals surface area contributed by atoms with Gasteiger partial charge in [-0.05, 0) is 12.3 Å². The van der Waals surface area contributed by atoms with Crippen LogP contribution in [-0.4, -0.2) is 57.8 Å². The Bertz CT molecular complexity index is 715. The lowest BCUT2D eigenvalue weighted by Gasteiger charge is -2.19. The van der Waals surface area contributed by atoms with Crippen LogP contribution in [0.4, 0.5) is 0 Å². The van der Waals surface area contributed by atoms with Gasteiger partial charge in [-0.1, -0.05) is 13.3 Å². The third kappa shape index (κ3) is 3.68. The summed E-state index contributed by atoms with van der Waals surface area (Å²) in [6, 6.07) is -0.239. The molecule has 2 aliphatic heterocycles. The van der Waals surface area contributed by atoms with Crippen molar-refractivity contribution in [1.29, 1.82) is 0 Å². The highest BCUT2D eigenvalue weighted by Crippen LogP contribution is 2.40. The number of sulfonamides is 1. The number of nitrogens with zero attached hydrogens (tertiary/aromatic N) is 1. The maximum Gasteiger partial charge on any atom is 0.267 e. The van der Waals surface area contributed by atoms with Crippen molar-refractivity contribution >= 4 is 27.3 Å². The van der Waals surface area contributed by atoms with Gasteiger partial charge in [-0.3, -0.25) is 4.79 Å².